The Balaban J connectivity index is 0.00000294. The molecule has 1 N–H and O–H groups in total. The van der Waals surface area contributed by atoms with Crippen LogP contribution in [0.5, 0.6) is 0 Å². The first-order valence-corrected chi connectivity index (χ1v) is 13.4. The average molecular weight is 527 g/mol. The van der Waals surface area contributed by atoms with Gasteiger partial charge in [0, 0.05) is 23.8 Å². The van der Waals surface area contributed by atoms with Crippen molar-refractivity contribution >= 4 is 17.5 Å². The molecular weight excluding hydrogens is 492 g/mol. The van der Waals surface area contributed by atoms with Gasteiger partial charge in [-0.1, -0.05) is 85.8 Å². The maximum Gasteiger partial charge on any atom is 0.240 e. The van der Waals surface area contributed by atoms with Crippen LogP contribution in [0.2, 0.25) is 5.02 Å². The van der Waals surface area contributed by atoms with E-state index in [0.717, 1.165) is 42.1 Å². The number of aromatic nitrogens is 2. The van der Waals surface area contributed by atoms with Crippen molar-refractivity contribution < 1.29 is 4.79 Å². The SMILES string of the molecule is C.C[C@@H](C(=O)N(Cc1cnc[nH]1)C1Cc2ccccc2C1)N1CCc2ccccc2[C@@H]1c1ccccc1Cl. The van der Waals surface area contributed by atoms with Gasteiger partial charge in [-0.15, -0.1) is 0 Å². The first kappa shape index (κ1) is 26.2. The molecule has 0 spiro atoms. The Bertz CT molecular complexity index is 1380. The van der Waals surface area contributed by atoms with Gasteiger partial charge < -0.3 is 9.88 Å². The van der Waals surface area contributed by atoms with Gasteiger partial charge in [-0.2, -0.15) is 0 Å². The van der Waals surface area contributed by atoms with Crippen LogP contribution in [-0.2, 0) is 30.6 Å². The van der Waals surface area contributed by atoms with Crippen LogP contribution in [-0.4, -0.2) is 44.3 Å². The smallest absolute Gasteiger partial charge is 0.240 e. The summed E-state index contributed by atoms with van der Waals surface area (Å²) in [6, 6.07) is 24.9. The van der Waals surface area contributed by atoms with E-state index in [4.69, 9.17) is 11.6 Å². The van der Waals surface area contributed by atoms with Crippen molar-refractivity contribution in [2.24, 2.45) is 0 Å². The largest absolute Gasteiger partial charge is 0.347 e. The van der Waals surface area contributed by atoms with E-state index >= 15 is 0 Å². The Morgan fingerprint density at radius 1 is 1.00 bits per heavy atom. The normalized spacial score (nSPS) is 17.8. The zero-order valence-electron chi connectivity index (χ0n) is 21.0. The molecule has 2 atom stereocenters. The minimum absolute atomic E-state index is 0. The number of nitrogens with one attached hydrogen (secondary N) is 1. The number of hydrogen-bond acceptors (Lipinski definition) is 3. The molecule has 3 aromatic carbocycles. The Labute approximate surface area is 230 Å². The molecule has 0 saturated heterocycles. The molecule has 38 heavy (non-hydrogen) atoms. The van der Waals surface area contributed by atoms with Crippen LogP contribution in [0.3, 0.4) is 0 Å². The molecule has 2 heterocycles. The molecule has 1 aliphatic heterocycles. The second-order valence-corrected chi connectivity index (χ2v) is 10.6. The lowest BCUT2D eigenvalue weighted by atomic mass is 9.87. The second kappa shape index (κ2) is 11.1. The van der Waals surface area contributed by atoms with Gasteiger partial charge in [0.05, 0.1) is 30.6 Å². The fraction of sp³-hybridized carbons (Fsp3) is 0.312. The minimum atomic E-state index is -0.318. The predicted molar refractivity (Wildman–Crippen MR) is 153 cm³/mol. The Kier molecular flexibility index (Phi) is 7.68. The number of carbonyl (C=O) groups excluding carboxylic acids is 1. The summed E-state index contributed by atoms with van der Waals surface area (Å²) >= 11 is 6.75. The third-order valence-corrected chi connectivity index (χ3v) is 8.37. The number of fused-ring (bicyclic) bond motifs is 2. The molecule has 6 rings (SSSR count). The summed E-state index contributed by atoms with van der Waals surface area (Å²) in [5.41, 5.74) is 7.22. The minimum Gasteiger partial charge on any atom is -0.347 e. The molecule has 1 amide bonds. The highest BCUT2D eigenvalue weighted by atomic mass is 35.5. The van der Waals surface area contributed by atoms with Crippen LogP contribution in [0.4, 0.5) is 0 Å². The summed E-state index contributed by atoms with van der Waals surface area (Å²) in [4.78, 5) is 26.2. The number of H-pyrrole nitrogens is 1. The van der Waals surface area contributed by atoms with Crippen LogP contribution < -0.4 is 0 Å². The number of nitrogens with zero attached hydrogens (tertiary/aromatic N) is 3. The van der Waals surface area contributed by atoms with Crippen molar-refractivity contribution in [3.8, 4) is 0 Å². The molecule has 0 bridgehead atoms. The molecule has 196 valence electrons. The van der Waals surface area contributed by atoms with Crippen LogP contribution in [0.15, 0.2) is 85.3 Å². The van der Waals surface area contributed by atoms with E-state index in [1.165, 1.54) is 22.3 Å². The van der Waals surface area contributed by atoms with E-state index in [2.05, 4.69) is 81.3 Å². The summed E-state index contributed by atoms with van der Waals surface area (Å²) in [5, 5.41) is 0.731. The summed E-state index contributed by atoms with van der Waals surface area (Å²) < 4.78 is 0. The maximum absolute atomic E-state index is 14.4. The van der Waals surface area contributed by atoms with Gasteiger partial charge in [0.15, 0.2) is 0 Å². The Hall–Kier alpha value is -3.41. The summed E-state index contributed by atoms with van der Waals surface area (Å²) in [6.07, 6.45) is 6.15. The van der Waals surface area contributed by atoms with Crippen molar-refractivity contribution in [1.82, 2.24) is 19.8 Å². The van der Waals surface area contributed by atoms with Crippen LogP contribution >= 0.6 is 11.6 Å². The number of benzene rings is 3. The topological polar surface area (TPSA) is 52.2 Å². The monoisotopic (exact) mass is 526 g/mol. The van der Waals surface area contributed by atoms with Crippen molar-refractivity contribution in [2.45, 2.75) is 58.3 Å². The lowest BCUT2D eigenvalue weighted by molar-refractivity contribution is -0.140. The highest BCUT2D eigenvalue weighted by Gasteiger charge is 2.39. The van der Waals surface area contributed by atoms with E-state index < -0.39 is 0 Å². The van der Waals surface area contributed by atoms with Crippen LogP contribution in [0, 0.1) is 0 Å². The molecule has 4 aromatic rings. The van der Waals surface area contributed by atoms with Crippen LogP contribution in [0.1, 0.15) is 53.9 Å². The first-order chi connectivity index (χ1) is 18.1. The number of imidazole rings is 1. The number of halogens is 1. The summed E-state index contributed by atoms with van der Waals surface area (Å²) in [5.74, 6) is 0.142. The van der Waals surface area contributed by atoms with Gasteiger partial charge in [-0.05, 0) is 60.1 Å². The van der Waals surface area contributed by atoms with E-state index in [1.807, 2.05) is 24.4 Å². The van der Waals surface area contributed by atoms with E-state index in [9.17, 15) is 4.79 Å². The average Bonchev–Trinajstić information content (AvgIpc) is 3.60. The highest BCUT2D eigenvalue weighted by Crippen LogP contribution is 2.40. The molecule has 0 radical (unpaired) electrons. The quantitative estimate of drug-likeness (QED) is 0.324. The summed E-state index contributed by atoms with van der Waals surface area (Å²) in [7, 11) is 0. The fourth-order valence-electron chi connectivity index (χ4n) is 6.13. The third-order valence-electron chi connectivity index (χ3n) is 8.02. The van der Waals surface area contributed by atoms with E-state index in [-0.39, 0.29) is 31.5 Å². The Morgan fingerprint density at radius 3 is 2.29 bits per heavy atom. The second-order valence-electron chi connectivity index (χ2n) is 10.2. The lowest BCUT2D eigenvalue weighted by Crippen LogP contribution is -2.53. The lowest BCUT2D eigenvalue weighted by Gasteiger charge is -2.43. The molecule has 1 aliphatic carbocycles. The molecule has 5 nitrogen and oxygen atoms in total. The van der Waals surface area contributed by atoms with Gasteiger partial charge >= 0.3 is 0 Å². The zero-order chi connectivity index (χ0) is 25.4. The maximum atomic E-state index is 14.4. The van der Waals surface area contributed by atoms with E-state index in [1.54, 1.807) is 6.33 Å². The molecule has 0 fully saturated rings. The number of rotatable bonds is 6. The molecule has 0 saturated carbocycles. The molecular formula is C32H35ClN4O. The van der Waals surface area contributed by atoms with Gasteiger partial charge in [-0.25, -0.2) is 4.98 Å². The van der Waals surface area contributed by atoms with E-state index in [0.29, 0.717) is 6.54 Å². The van der Waals surface area contributed by atoms with Crippen LogP contribution in [0.25, 0.3) is 0 Å². The fourth-order valence-corrected chi connectivity index (χ4v) is 6.36. The molecule has 1 aromatic heterocycles. The number of carbonyl (C=O) groups is 1. The molecule has 0 unspecified atom stereocenters. The first-order valence-electron chi connectivity index (χ1n) is 13.0. The zero-order valence-corrected chi connectivity index (χ0v) is 21.7. The van der Waals surface area contributed by atoms with Crippen molar-refractivity contribution in [3.05, 3.63) is 124 Å². The van der Waals surface area contributed by atoms with Gasteiger partial charge in [0.1, 0.15) is 0 Å². The van der Waals surface area contributed by atoms with Crippen molar-refractivity contribution in [1.29, 1.82) is 0 Å². The van der Waals surface area contributed by atoms with Crippen molar-refractivity contribution in [3.63, 3.8) is 0 Å². The number of aromatic amines is 1. The number of amides is 1. The third kappa shape index (κ3) is 4.89. The predicted octanol–water partition coefficient (Wildman–Crippen LogP) is 6.23. The van der Waals surface area contributed by atoms with Gasteiger partial charge in [0.25, 0.3) is 0 Å². The Morgan fingerprint density at radius 2 is 1.63 bits per heavy atom. The standard InChI is InChI=1S/C31H31ClN4O.CH4/c1-21(35-15-14-22-8-4-5-11-27(22)30(35)28-12-6-7-13-29(28)32)31(37)36(19-25-18-33-20-34-25)26-16-23-9-2-3-10-24(23)17-26;/h2-13,18,20-21,26,30H,14-17,19H2,1H3,(H,33,34);1H4/t21-,30+;/m0./s1. The summed E-state index contributed by atoms with van der Waals surface area (Å²) in [6.45, 7) is 3.37. The van der Waals surface area contributed by atoms with Crippen molar-refractivity contribution in [2.75, 3.05) is 6.54 Å². The highest BCUT2D eigenvalue weighted by molar-refractivity contribution is 6.31. The number of hydrogen-bond donors (Lipinski definition) is 1. The molecule has 6 heteroatoms. The van der Waals surface area contributed by atoms with Gasteiger partial charge in [0.2, 0.25) is 5.91 Å². The molecule has 2 aliphatic rings. The van der Waals surface area contributed by atoms with Gasteiger partial charge in [-0.3, -0.25) is 9.69 Å².